The van der Waals surface area contributed by atoms with E-state index in [4.69, 9.17) is 10.2 Å². The molecular weight excluding hydrogens is 368 g/mol. The van der Waals surface area contributed by atoms with Crippen LogP contribution < -0.4 is 0 Å². The zero-order chi connectivity index (χ0) is 19.7. The smallest absolute Gasteiger partial charge is 0.352 e. The van der Waals surface area contributed by atoms with Crippen LogP contribution in [0.15, 0.2) is 36.4 Å². The van der Waals surface area contributed by atoms with Crippen molar-refractivity contribution in [2.24, 2.45) is 0 Å². The second-order valence-corrected chi connectivity index (χ2v) is 5.65. The van der Waals surface area contributed by atoms with E-state index in [0.29, 0.717) is 22.0 Å². The number of hydrogen-bond donors (Lipinski definition) is 4. The van der Waals surface area contributed by atoms with Crippen LogP contribution >= 0.6 is 0 Å². The first kappa shape index (κ1) is 18.5. The molecule has 0 fully saturated rings. The first-order chi connectivity index (χ1) is 12.8. The van der Waals surface area contributed by atoms with Crippen LogP contribution in [0, 0.1) is 23.3 Å². The number of fused-ring (bicyclic) bond motifs is 2. The summed E-state index contributed by atoms with van der Waals surface area (Å²) in [4.78, 5) is 15.7. The molecule has 0 saturated heterocycles. The van der Waals surface area contributed by atoms with Gasteiger partial charge in [0.15, 0.2) is 23.3 Å². The minimum absolute atomic E-state index is 0.0926. The van der Waals surface area contributed by atoms with E-state index < -0.39 is 29.2 Å². The van der Waals surface area contributed by atoms with Crippen molar-refractivity contribution in [1.82, 2.24) is 9.97 Å². The third-order valence-corrected chi connectivity index (χ3v) is 3.78. The molecule has 0 aliphatic carbocycles. The summed E-state index contributed by atoms with van der Waals surface area (Å²) in [5.74, 6) is -4.93. The van der Waals surface area contributed by atoms with Crippen LogP contribution in [0.2, 0.25) is 0 Å². The fraction of sp³-hybridized carbons (Fsp3) is 0.0556. The Morgan fingerprint density at radius 3 is 1.78 bits per heavy atom. The van der Waals surface area contributed by atoms with Gasteiger partial charge >= 0.3 is 5.97 Å². The van der Waals surface area contributed by atoms with Crippen LogP contribution in [0.3, 0.4) is 0 Å². The van der Waals surface area contributed by atoms with Crippen molar-refractivity contribution in [3.63, 3.8) is 0 Å². The predicted octanol–water partition coefficient (Wildman–Crippen LogP) is 4.08. The van der Waals surface area contributed by atoms with Crippen molar-refractivity contribution in [1.29, 1.82) is 0 Å². The molecule has 4 rings (SSSR count). The number of aromatic amines is 2. The van der Waals surface area contributed by atoms with E-state index in [-0.39, 0.29) is 17.8 Å². The summed E-state index contributed by atoms with van der Waals surface area (Å²) in [5, 5.41) is 18.3. The Labute approximate surface area is 148 Å². The highest BCUT2D eigenvalue weighted by atomic mass is 19.2. The van der Waals surface area contributed by atoms with E-state index in [1.807, 2.05) is 0 Å². The van der Waals surface area contributed by atoms with Crippen LogP contribution in [-0.2, 0) is 6.61 Å². The van der Waals surface area contributed by atoms with Gasteiger partial charge in [0.25, 0.3) is 0 Å². The Morgan fingerprint density at radius 1 is 0.778 bits per heavy atom. The second-order valence-electron chi connectivity index (χ2n) is 5.65. The first-order valence-electron chi connectivity index (χ1n) is 7.57. The normalized spacial score (nSPS) is 10.9. The number of carbonyl (C=O) groups is 1. The van der Waals surface area contributed by atoms with E-state index in [1.165, 1.54) is 6.07 Å². The predicted molar refractivity (Wildman–Crippen MR) is 89.3 cm³/mol. The topological polar surface area (TPSA) is 89.1 Å². The van der Waals surface area contributed by atoms with Crippen molar-refractivity contribution in [3.8, 4) is 0 Å². The molecule has 0 saturated carbocycles. The monoisotopic (exact) mass is 380 g/mol. The van der Waals surface area contributed by atoms with Gasteiger partial charge in [0.05, 0.1) is 6.61 Å². The minimum atomic E-state index is -1.16. The molecular formula is C18H12F4N2O3. The maximum absolute atomic E-state index is 12.7. The molecule has 2 aromatic heterocycles. The number of halogens is 4. The lowest BCUT2D eigenvalue weighted by molar-refractivity contribution is 0.0691. The number of carboxylic acid groups (broad SMARTS) is 1. The van der Waals surface area contributed by atoms with Crippen LogP contribution in [0.4, 0.5) is 17.6 Å². The van der Waals surface area contributed by atoms with E-state index in [1.54, 1.807) is 6.07 Å². The average molecular weight is 380 g/mol. The minimum Gasteiger partial charge on any atom is -0.477 e. The zero-order valence-electron chi connectivity index (χ0n) is 13.5. The standard InChI is InChI=1S/C9H5F2NO2.C9H7F2NO/c10-5-1-4-2-8(9(13)14)12-7(4)3-6(5)11;10-7-2-5-1-6(4-13)12-9(5)3-8(7)11/h1-3,12H,(H,13,14);1-3,12-13H,4H2. The Morgan fingerprint density at radius 2 is 1.26 bits per heavy atom. The van der Waals surface area contributed by atoms with Gasteiger partial charge in [-0.2, -0.15) is 0 Å². The van der Waals surface area contributed by atoms with E-state index in [0.717, 1.165) is 24.3 Å². The summed E-state index contributed by atoms with van der Waals surface area (Å²) in [6.45, 7) is -0.169. The molecule has 0 spiro atoms. The number of aliphatic hydroxyl groups is 1. The largest absolute Gasteiger partial charge is 0.477 e. The number of rotatable bonds is 2. The maximum atomic E-state index is 12.7. The summed E-state index contributed by atoms with van der Waals surface area (Å²) in [7, 11) is 0. The lowest BCUT2D eigenvalue weighted by atomic mass is 10.2. The lowest BCUT2D eigenvalue weighted by Gasteiger charge is -1.91. The van der Waals surface area contributed by atoms with E-state index in [9.17, 15) is 22.4 Å². The van der Waals surface area contributed by atoms with Crippen LogP contribution in [0.1, 0.15) is 16.2 Å². The number of nitrogens with one attached hydrogen (secondary N) is 2. The number of aromatic nitrogens is 2. The summed E-state index contributed by atoms with van der Waals surface area (Å²) in [6, 6.07) is 6.88. The highest BCUT2D eigenvalue weighted by Crippen LogP contribution is 2.20. The van der Waals surface area contributed by atoms with Gasteiger partial charge in [-0.05, 0) is 24.3 Å². The molecule has 2 aromatic carbocycles. The third kappa shape index (κ3) is 3.77. The van der Waals surface area contributed by atoms with Crippen molar-refractivity contribution < 1.29 is 32.6 Å². The molecule has 0 unspecified atom stereocenters. The molecule has 0 atom stereocenters. The molecule has 27 heavy (non-hydrogen) atoms. The summed E-state index contributed by atoms with van der Waals surface area (Å²) in [5.41, 5.74) is 1.20. The Kier molecular flexibility index (Phi) is 4.87. The molecule has 0 aliphatic heterocycles. The molecule has 4 N–H and O–H groups in total. The number of H-pyrrole nitrogens is 2. The van der Waals surface area contributed by atoms with Gasteiger partial charge in [-0.25, -0.2) is 22.4 Å². The first-order valence-corrected chi connectivity index (χ1v) is 7.57. The van der Waals surface area contributed by atoms with Crippen molar-refractivity contribution in [3.05, 3.63) is 71.1 Å². The van der Waals surface area contributed by atoms with Gasteiger partial charge in [-0.1, -0.05) is 0 Å². The number of benzene rings is 2. The fourth-order valence-corrected chi connectivity index (χ4v) is 2.51. The quantitative estimate of drug-likeness (QED) is 0.395. The zero-order valence-corrected chi connectivity index (χ0v) is 13.5. The molecule has 0 amide bonds. The number of carboxylic acids is 1. The number of aromatic carboxylic acids is 1. The lowest BCUT2D eigenvalue weighted by Crippen LogP contribution is -1.94. The maximum Gasteiger partial charge on any atom is 0.352 e. The van der Waals surface area contributed by atoms with Crippen molar-refractivity contribution in [2.45, 2.75) is 6.61 Å². The molecule has 5 nitrogen and oxygen atoms in total. The van der Waals surface area contributed by atoms with E-state index >= 15 is 0 Å². The molecule has 9 heteroatoms. The Balaban J connectivity index is 0.000000156. The third-order valence-electron chi connectivity index (χ3n) is 3.78. The SMILES string of the molecule is O=C(O)c1cc2cc(F)c(F)cc2[nH]1.OCc1cc2cc(F)c(F)cc2[nH]1. The van der Waals surface area contributed by atoms with Gasteiger partial charge in [-0.3, -0.25) is 0 Å². The van der Waals surface area contributed by atoms with Crippen LogP contribution in [-0.4, -0.2) is 26.2 Å². The summed E-state index contributed by atoms with van der Waals surface area (Å²) >= 11 is 0. The van der Waals surface area contributed by atoms with Gasteiger partial charge in [0.1, 0.15) is 5.69 Å². The summed E-state index contributed by atoms with van der Waals surface area (Å²) < 4.78 is 50.9. The molecule has 4 aromatic rings. The highest BCUT2D eigenvalue weighted by Gasteiger charge is 2.10. The van der Waals surface area contributed by atoms with E-state index in [2.05, 4.69) is 9.97 Å². The van der Waals surface area contributed by atoms with Gasteiger partial charge in [0, 0.05) is 39.6 Å². The van der Waals surface area contributed by atoms with Crippen molar-refractivity contribution in [2.75, 3.05) is 0 Å². The van der Waals surface area contributed by atoms with Crippen molar-refractivity contribution >= 4 is 27.8 Å². The Hall–Kier alpha value is -3.33. The molecule has 0 radical (unpaired) electrons. The van der Waals surface area contributed by atoms with Crippen LogP contribution in [0.5, 0.6) is 0 Å². The Bertz CT molecular complexity index is 1070. The van der Waals surface area contributed by atoms with Crippen LogP contribution in [0.25, 0.3) is 21.8 Å². The summed E-state index contributed by atoms with van der Waals surface area (Å²) in [6.07, 6.45) is 0. The molecule has 0 aliphatic rings. The molecule has 2 heterocycles. The second kappa shape index (κ2) is 7.12. The molecule has 0 bridgehead atoms. The highest BCUT2D eigenvalue weighted by molar-refractivity contribution is 5.93. The number of hydrogen-bond acceptors (Lipinski definition) is 2. The molecule has 140 valence electrons. The van der Waals surface area contributed by atoms with Gasteiger partial charge < -0.3 is 20.2 Å². The fourth-order valence-electron chi connectivity index (χ4n) is 2.51. The van der Waals surface area contributed by atoms with Gasteiger partial charge in [0.2, 0.25) is 0 Å². The van der Waals surface area contributed by atoms with Gasteiger partial charge in [-0.15, -0.1) is 0 Å². The average Bonchev–Trinajstić information content (AvgIpc) is 3.20. The number of aliphatic hydroxyl groups excluding tert-OH is 1.